The van der Waals surface area contributed by atoms with E-state index in [0.29, 0.717) is 5.92 Å². The molecule has 0 aromatic heterocycles. The van der Waals surface area contributed by atoms with Crippen LogP contribution in [0.2, 0.25) is 0 Å². The molecule has 64 valence electrons. The minimum atomic E-state index is 0.515. The number of nitrogens with one attached hydrogen (secondary N) is 1. The smallest absolute Gasteiger partial charge is 0.123 e. The molecule has 0 bridgehead atoms. The minimum absolute atomic E-state index is 0.515. The topological polar surface area (TPSA) is 24.4 Å². The van der Waals surface area contributed by atoms with Gasteiger partial charge in [-0.25, -0.2) is 0 Å². The van der Waals surface area contributed by atoms with Crippen molar-refractivity contribution in [2.75, 3.05) is 14.1 Å². The second-order valence-corrected chi connectivity index (χ2v) is 2.66. The molecule has 0 aromatic rings. The van der Waals surface area contributed by atoms with Crippen LogP contribution in [0.5, 0.6) is 0 Å². The van der Waals surface area contributed by atoms with Crippen molar-refractivity contribution in [1.82, 2.24) is 5.32 Å². The van der Waals surface area contributed by atoms with Gasteiger partial charge >= 0.3 is 0 Å². The third-order valence-electron chi connectivity index (χ3n) is 1.97. The lowest BCUT2D eigenvalue weighted by molar-refractivity contribution is 0.676. The fraction of sp³-hybridized carbons (Fsp3) is 0.667. The molecule has 0 rings (SSSR count). The highest BCUT2D eigenvalue weighted by Crippen LogP contribution is 2.12. The largest absolute Gasteiger partial charge is 0.373 e. The Balaban J connectivity index is 4.22. The first-order valence-corrected chi connectivity index (χ1v) is 4.01. The summed E-state index contributed by atoms with van der Waals surface area (Å²) in [6, 6.07) is 0. The summed E-state index contributed by atoms with van der Waals surface area (Å²) in [6.07, 6.45) is 1.11. The van der Waals surface area contributed by atoms with E-state index in [-0.39, 0.29) is 0 Å². The summed E-state index contributed by atoms with van der Waals surface area (Å²) in [5.41, 5.74) is 1.09. The van der Waals surface area contributed by atoms with Gasteiger partial charge in [0.15, 0.2) is 0 Å². The van der Waals surface area contributed by atoms with Crippen LogP contribution in [0.25, 0.3) is 0 Å². The summed E-state index contributed by atoms with van der Waals surface area (Å²) >= 11 is 0. The highest BCUT2D eigenvalue weighted by atomic mass is 14.9. The van der Waals surface area contributed by atoms with Crippen LogP contribution < -0.4 is 5.32 Å². The van der Waals surface area contributed by atoms with Gasteiger partial charge in [0.05, 0.1) is 0 Å². The van der Waals surface area contributed by atoms with E-state index in [1.54, 1.807) is 7.05 Å². The van der Waals surface area contributed by atoms with Crippen LogP contribution in [0.3, 0.4) is 0 Å². The van der Waals surface area contributed by atoms with Crippen molar-refractivity contribution in [2.45, 2.75) is 20.3 Å². The summed E-state index contributed by atoms with van der Waals surface area (Å²) in [6.45, 7) is 8.28. The number of rotatable bonds is 3. The number of amidine groups is 1. The maximum atomic E-state index is 4.08. The Kier molecular flexibility index (Phi) is 4.59. The van der Waals surface area contributed by atoms with Gasteiger partial charge in [-0.05, 0) is 17.9 Å². The van der Waals surface area contributed by atoms with Crippen molar-refractivity contribution >= 4 is 5.84 Å². The second kappa shape index (κ2) is 4.94. The van der Waals surface area contributed by atoms with Crippen LogP contribution in [-0.4, -0.2) is 19.9 Å². The molecule has 2 nitrogen and oxygen atoms in total. The maximum Gasteiger partial charge on any atom is 0.123 e. The first-order chi connectivity index (χ1) is 5.17. The number of hydrogen-bond acceptors (Lipinski definition) is 1. The summed E-state index contributed by atoms with van der Waals surface area (Å²) in [5, 5.41) is 3.02. The van der Waals surface area contributed by atoms with E-state index in [0.717, 1.165) is 17.8 Å². The molecule has 0 fully saturated rings. The van der Waals surface area contributed by atoms with Gasteiger partial charge in [0.25, 0.3) is 0 Å². The zero-order chi connectivity index (χ0) is 8.85. The number of hydrogen-bond donors (Lipinski definition) is 1. The van der Waals surface area contributed by atoms with Crippen molar-refractivity contribution in [3.8, 4) is 0 Å². The van der Waals surface area contributed by atoms with Gasteiger partial charge < -0.3 is 5.32 Å². The fourth-order valence-electron chi connectivity index (χ4n) is 0.896. The molecule has 0 spiro atoms. The predicted octanol–water partition coefficient (Wildman–Crippen LogP) is 1.84. The van der Waals surface area contributed by atoms with Crippen LogP contribution in [0, 0.1) is 5.92 Å². The lowest BCUT2D eigenvalue weighted by Crippen LogP contribution is -2.23. The SMILES string of the molecule is C=C(C(=NC)NC)C(C)CC. The van der Waals surface area contributed by atoms with Crippen LogP contribution in [0.4, 0.5) is 0 Å². The van der Waals surface area contributed by atoms with E-state index >= 15 is 0 Å². The number of nitrogens with zero attached hydrogens (tertiary/aromatic N) is 1. The van der Waals surface area contributed by atoms with Gasteiger partial charge in [0.2, 0.25) is 0 Å². The molecule has 0 aliphatic rings. The zero-order valence-corrected chi connectivity index (χ0v) is 7.94. The van der Waals surface area contributed by atoms with Crippen LogP contribution in [0.1, 0.15) is 20.3 Å². The summed E-state index contributed by atoms with van der Waals surface area (Å²) in [5.74, 6) is 1.43. The Morgan fingerprint density at radius 1 is 1.64 bits per heavy atom. The second-order valence-electron chi connectivity index (χ2n) is 2.66. The summed E-state index contributed by atoms with van der Waals surface area (Å²) in [4.78, 5) is 4.08. The van der Waals surface area contributed by atoms with Crippen LogP contribution >= 0.6 is 0 Å². The highest BCUT2D eigenvalue weighted by molar-refractivity contribution is 5.97. The molecule has 1 N–H and O–H groups in total. The van der Waals surface area contributed by atoms with Gasteiger partial charge in [-0.3, -0.25) is 4.99 Å². The summed E-state index contributed by atoms with van der Waals surface area (Å²) in [7, 11) is 3.65. The van der Waals surface area contributed by atoms with Crippen LogP contribution in [0.15, 0.2) is 17.1 Å². The number of likely N-dealkylation sites (N-methyl/N-ethyl adjacent to an activating group) is 1. The maximum absolute atomic E-state index is 4.08. The van der Waals surface area contributed by atoms with Crippen molar-refractivity contribution in [3.05, 3.63) is 12.2 Å². The van der Waals surface area contributed by atoms with E-state index in [1.165, 1.54) is 0 Å². The van der Waals surface area contributed by atoms with Crippen molar-refractivity contribution < 1.29 is 0 Å². The van der Waals surface area contributed by atoms with Gasteiger partial charge in [-0.2, -0.15) is 0 Å². The van der Waals surface area contributed by atoms with E-state index in [9.17, 15) is 0 Å². The molecule has 11 heavy (non-hydrogen) atoms. The van der Waals surface area contributed by atoms with E-state index in [2.05, 4.69) is 30.7 Å². The highest BCUT2D eigenvalue weighted by Gasteiger charge is 2.07. The van der Waals surface area contributed by atoms with Gasteiger partial charge in [-0.1, -0.05) is 20.4 Å². The molecule has 0 amide bonds. The van der Waals surface area contributed by atoms with Gasteiger partial charge in [0.1, 0.15) is 5.84 Å². The predicted molar refractivity (Wildman–Crippen MR) is 51.0 cm³/mol. The molecule has 0 saturated heterocycles. The molecule has 0 aliphatic carbocycles. The Morgan fingerprint density at radius 3 is 2.45 bits per heavy atom. The molecular weight excluding hydrogens is 136 g/mol. The Labute approximate surface area is 69.4 Å². The molecule has 0 heterocycles. The average Bonchev–Trinajstić information content (AvgIpc) is 2.05. The first kappa shape index (κ1) is 10.2. The molecule has 0 aliphatic heterocycles. The first-order valence-electron chi connectivity index (χ1n) is 4.01. The van der Waals surface area contributed by atoms with Crippen molar-refractivity contribution in [3.63, 3.8) is 0 Å². The molecule has 0 aromatic carbocycles. The molecule has 0 saturated carbocycles. The Bertz CT molecular complexity index is 159. The van der Waals surface area contributed by atoms with E-state index in [4.69, 9.17) is 0 Å². The molecule has 1 atom stereocenters. The number of aliphatic imine (C=N–C) groups is 1. The van der Waals surface area contributed by atoms with E-state index in [1.807, 2.05) is 7.05 Å². The van der Waals surface area contributed by atoms with Crippen molar-refractivity contribution in [1.29, 1.82) is 0 Å². The summed E-state index contributed by atoms with van der Waals surface area (Å²) < 4.78 is 0. The minimum Gasteiger partial charge on any atom is -0.373 e. The average molecular weight is 154 g/mol. The monoisotopic (exact) mass is 154 g/mol. The zero-order valence-electron chi connectivity index (χ0n) is 7.94. The van der Waals surface area contributed by atoms with Gasteiger partial charge in [-0.15, -0.1) is 0 Å². The Hall–Kier alpha value is -0.790. The molecule has 0 radical (unpaired) electrons. The molecule has 2 heteroatoms. The lowest BCUT2D eigenvalue weighted by Gasteiger charge is -2.13. The normalized spacial score (nSPS) is 14.4. The third-order valence-corrected chi connectivity index (χ3v) is 1.97. The van der Waals surface area contributed by atoms with Crippen LogP contribution in [-0.2, 0) is 0 Å². The lowest BCUT2D eigenvalue weighted by atomic mass is 9.99. The fourth-order valence-corrected chi connectivity index (χ4v) is 0.896. The third kappa shape index (κ3) is 2.74. The van der Waals surface area contributed by atoms with E-state index < -0.39 is 0 Å². The van der Waals surface area contributed by atoms with Gasteiger partial charge in [0, 0.05) is 14.1 Å². The van der Waals surface area contributed by atoms with Crippen molar-refractivity contribution in [2.24, 2.45) is 10.9 Å². The molecule has 1 unspecified atom stereocenters. The molecular formula is C9H18N2. The Morgan fingerprint density at radius 2 is 2.18 bits per heavy atom. The standard InChI is InChI=1S/C9H18N2/c1-6-7(2)8(3)9(10-4)11-5/h7H,3,6H2,1-2,4-5H3,(H,10,11). The quantitative estimate of drug-likeness (QED) is 0.487.